The lowest BCUT2D eigenvalue weighted by atomic mass is 10.3. The molecule has 0 unspecified atom stereocenters. The standard InChI is InChI=1S/C14H10IN3O2S/c15-9-3-1-2-4-11(9)18-12-5-6-16-7-10(12)17-14(18)21-8-13(19)20/h1-7H,8H2,(H,19,20). The highest BCUT2D eigenvalue weighted by Gasteiger charge is 2.15. The lowest BCUT2D eigenvalue weighted by Gasteiger charge is -2.10. The van der Waals surface area contributed by atoms with Gasteiger partial charge in [-0.15, -0.1) is 0 Å². The Hall–Kier alpha value is -1.61. The molecule has 106 valence electrons. The number of carboxylic acid groups (broad SMARTS) is 1. The Labute approximate surface area is 138 Å². The number of para-hydroxylation sites is 1. The molecule has 0 fully saturated rings. The quantitative estimate of drug-likeness (QED) is 0.528. The number of nitrogens with zero attached hydrogens (tertiary/aromatic N) is 3. The zero-order chi connectivity index (χ0) is 14.8. The van der Waals surface area contributed by atoms with Crippen molar-refractivity contribution in [1.82, 2.24) is 14.5 Å². The molecule has 0 spiro atoms. The van der Waals surface area contributed by atoms with Crippen LogP contribution in [0.4, 0.5) is 0 Å². The average Bonchev–Trinajstić information content (AvgIpc) is 2.84. The first-order chi connectivity index (χ1) is 10.2. The number of carbonyl (C=O) groups is 1. The Bertz CT molecular complexity index is 819. The maximum Gasteiger partial charge on any atom is 0.313 e. The minimum Gasteiger partial charge on any atom is -0.481 e. The number of aliphatic carboxylic acids is 1. The van der Waals surface area contributed by atoms with E-state index in [9.17, 15) is 4.79 Å². The van der Waals surface area contributed by atoms with E-state index in [0.29, 0.717) is 5.16 Å². The summed E-state index contributed by atoms with van der Waals surface area (Å²) < 4.78 is 3.05. The molecule has 7 heteroatoms. The van der Waals surface area contributed by atoms with E-state index in [1.165, 1.54) is 11.8 Å². The van der Waals surface area contributed by atoms with Gasteiger partial charge < -0.3 is 5.11 Å². The third-order valence-electron chi connectivity index (χ3n) is 2.84. The largest absolute Gasteiger partial charge is 0.481 e. The zero-order valence-electron chi connectivity index (χ0n) is 10.7. The molecule has 1 aromatic carbocycles. The molecule has 0 amide bonds. The minimum absolute atomic E-state index is 0.0276. The van der Waals surface area contributed by atoms with Crippen LogP contribution in [-0.2, 0) is 4.79 Å². The summed E-state index contributed by atoms with van der Waals surface area (Å²) in [7, 11) is 0. The van der Waals surface area contributed by atoms with E-state index in [2.05, 4.69) is 32.6 Å². The lowest BCUT2D eigenvalue weighted by molar-refractivity contribution is -0.133. The molecule has 3 rings (SSSR count). The van der Waals surface area contributed by atoms with E-state index in [1.807, 2.05) is 34.9 Å². The number of thioether (sulfide) groups is 1. The molecule has 2 heterocycles. The SMILES string of the molecule is O=C(O)CSc1nc2cnccc2n1-c1ccccc1I. The molecule has 21 heavy (non-hydrogen) atoms. The molecule has 0 bridgehead atoms. The van der Waals surface area contributed by atoms with Crippen molar-refractivity contribution in [3.8, 4) is 5.69 Å². The molecule has 0 aliphatic heterocycles. The van der Waals surface area contributed by atoms with Gasteiger partial charge in [-0.2, -0.15) is 0 Å². The fourth-order valence-electron chi connectivity index (χ4n) is 2.00. The molecule has 0 aliphatic carbocycles. The smallest absolute Gasteiger partial charge is 0.313 e. The highest BCUT2D eigenvalue weighted by molar-refractivity contribution is 14.1. The van der Waals surface area contributed by atoms with E-state index in [1.54, 1.807) is 12.4 Å². The van der Waals surface area contributed by atoms with Crippen molar-refractivity contribution < 1.29 is 9.90 Å². The van der Waals surface area contributed by atoms with Gasteiger partial charge in [-0.1, -0.05) is 23.9 Å². The predicted molar refractivity (Wildman–Crippen MR) is 89.9 cm³/mol. The summed E-state index contributed by atoms with van der Waals surface area (Å²) in [5.41, 5.74) is 2.66. The van der Waals surface area contributed by atoms with E-state index < -0.39 is 5.97 Å². The van der Waals surface area contributed by atoms with Crippen molar-refractivity contribution >= 4 is 51.4 Å². The topological polar surface area (TPSA) is 68.0 Å². The van der Waals surface area contributed by atoms with Crippen molar-refractivity contribution in [3.63, 3.8) is 0 Å². The summed E-state index contributed by atoms with van der Waals surface area (Å²) in [5.74, 6) is -0.889. The maximum atomic E-state index is 10.8. The number of carboxylic acids is 1. The Balaban J connectivity index is 2.20. The normalized spacial score (nSPS) is 10.9. The van der Waals surface area contributed by atoms with Crippen LogP contribution in [0.5, 0.6) is 0 Å². The zero-order valence-corrected chi connectivity index (χ0v) is 13.7. The van der Waals surface area contributed by atoms with Crippen LogP contribution in [0, 0.1) is 3.57 Å². The Morgan fingerprint density at radius 1 is 1.33 bits per heavy atom. The minimum atomic E-state index is -0.862. The number of fused-ring (bicyclic) bond motifs is 1. The van der Waals surface area contributed by atoms with E-state index in [4.69, 9.17) is 5.11 Å². The van der Waals surface area contributed by atoms with E-state index in [0.717, 1.165) is 20.3 Å². The van der Waals surface area contributed by atoms with Crippen molar-refractivity contribution in [2.45, 2.75) is 5.16 Å². The molecule has 2 aromatic heterocycles. The van der Waals surface area contributed by atoms with Crippen LogP contribution < -0.4 is 0 Å². The van der Waals surface area contributed by atoms with Crippen LogP contribution in [-0.4, -0.2) is 31.4 Å². The molecule has 0 aliphatic rings. The van der Waals surface area contributed by atoms with Crippen molar-refractivity contribution in [1.29, 1.82) is 0 Å². The van der Waals surface area contributed by atoms with Gasteiger partial charge in [0.15, 0.2) is 5.16 Å². The predicted octanol–water partition coefficient (Wildman–Crippen LogP) is 3.20. The molecular weight excluding hydrogens is 401 g/mol. The monoisotopic (exact) mass is 411 g/mol. The lowest BCUT2D eigenvalue weighted by Crippen LogP contribution is -2.02. The second-order valence-corrected chi connectivity index (χ2v) is 6.33. The number of hydrogen-bond donors (Lipinski definition) is 1. The number of hydrogen-bond acceptors (Lipinski definition) is 4. The van der Waals surface area contributed by atoms with Gasteiger partial charge in [0.1, 0.15) is 5.52 Å². The number of aromatic nitrogens is 3. The second kappa shape index (κ2) is 6.02. The average molecular weight is 411 g/mol. The first kappa shape index (κ1) is 14.3. The first-order valence-corrected chi connectivity index (χ1v) is 8.15. The summed E-state index contributed by atoms with van der Waals surface area (Å²) >= 11 is 3.47. The number of benzene rings is 1. The second-order valence-electron chi connectivity index (χ2n) is 4.23. The van der Waals surface area contributed by atoms with Crippen LogP contribution in [0.25, 0.3) is 16.7 Å². The van der Waals surface area contributed by atoms with Gasteiger partial charge in [0.05, 0.1) is 23.2 Å². The number of pyridine rings is 1. The van der Waals surface area contributed by atoms with Gasteiger partial charge in [-0.05, 0) is 40.8 Å². The molecule has 1 N–H and O–H groups in total. The summed E-state index contributed by atoms with van der Waals surface area (Å²) in [5, 5.41) is 9.55. The molecule has 0 atom stereocenters. The van der Waals surface area contributed by atoms with Crippen LogP contribution in [0.15, 0.2) is 47.9 Å². The van der Waals surface area contributed by atoms with Crippen LogP contribution >= 0.6 is 34.4 Å². The first-order valence-electron chi connectivity index (χ1n) is 6.09. The molecule has 5 nitrogen and oxygen atoms in total. The molecule has 0 saturated carbocycles. The highest BCUT2D eigenvalue weighted by atomic mass is 127. The van der Waals surface area contributed by atoms with Crippen molar-refractivity contribution in [2.24, 2.45) is 0 Å². The van der Waals surface area contributed by atoms with Gasteiger partial charge in [0.2, 0.25) is 0 Å². The maximum absolute atomic E-state index is 10.8. The highest BCUT2D eigenvalue weighted by Crippen LogP contribution is 2.29. The summed E-state index contributed by atoms with van der Waals surface area (Å²) in [6.07, 6.45) is 3.40. The van der Waals surface area contributed by atoms with Crippen molar-refractivity contribution in [3.05, 3.63) is 46.3 Å². The summed E-state index contributed by atoms with van der Waals surface area (Å²) in [6.45, 7) is 0. The van der Waals surface area contributed by atoms with Crippen LogP contribution in [0.1, 0.15) is 0 Å². The molecule has 3 aromatic rings. The Morgan fingerprint density at radius 3 is 2.90 bits per heavy atom. The number of rotatable bonds is 4. The molecule has 0 radical (unpaired) electrons. The Morgan fingerprint density at radius 2 is 2.14 bits per heavy atom. The van der Waals surface area contributed by atoms with Gasteiger partial charge in [0.25, 0.3) is 0 Å². The van der Waals surface area contributed by atoms with Gasteiger partial charge in [-0.25, -0.2) is 4.98 Å². The fraction of sp³-hybridized carbons (Fsp3) is 0.0714. The van der Waals surface area contributed by atoms with Gasteiger partial charge in [-0.3, -0.25) is 14.3 Å². The Kier molecular flexibility index (Phi) is 4.11. The summed E-state index contributed by atoms with van der Waals surface area (Å²) in [4.78, 5) is 19.4. The van der Waals surface area contributed by atoms with Crippen molar-refractivity contribution in [2.75, 3.05) is 5.75 Å². The summed E-state index contributed by atoms with van der Waals surface area (Å²) in [6, 6.07) is 9.81. The van der Waals surface area contributed by atoms with Gasteiger partial charge in [0, 0.05) is 9.77 Å². The molecule has 0 saturated heterocycles. The van der Waals surface area contributed by atoms with Crippen LogP contribution in [0.2, 0.25) is 0 Å². The fourth-order valence-corrected chi connectivity index (χ4v) is 3.37. The number of imidazole rings is 1. The number of halogens is 1. The third-order valence-corrected chi connectivity index (χ3v) is 4.68. The third kappa shape index (κ3) is 2.88. The van der Waals surface area contributed by atoms with E-state index in [-0.39, 0.29) is 5.75 Å². The van der Waals surface area contributed by atoms with Gasteiger partial charge >= 0.3 is 5.97 Å². The molecular formula is C14H10IN3O2S. The van der Waals surface area contributed by atoms with Crippen LogP contribution in [0.3, 0.4) is 0 Å². The van der Waals surface area contributed by atoms with E-state index >= 15 is 0 Å².